The molecule has 1 saturated heterocycles. The number of hydrogen-bond acceptors (Lipinski definition) is 5. The number of halogens is 6. The summed E-state index contributed by atoms with van der Waals surface area (Å²) in [5, 5.41) is 0. The summed E-state index contributed by atoms with van der Waals surface area (Å²) in [5.41, 5.74) is -3.18. The summed E-state index contributed by atoms with van der Waals surface area (Å²) >= 11 is 0. The van der Waals surface area contributed by atoms with E-state index in [4.69, 9.17) is 4.74 Å². The summed E-state index contributed by atoms with van der Waals surface area (Å²) in [4.78, 5) is 29.6. The maximum absolute atomic E-state index is 12.9. The van der Waals surface area contributed by atoms with Crippen molar-refractivity contribution in [1.82, 2.24) is 14.5 Å². The third-order valence-electron chi connectivity index (χ3n) is 5.19. The van der Waals surface area contributed by atoms with E-state index in [1.807, 2.05) is 14.8 Å². The average Bonchev–Trinajstić information content (AvgIpc) is 2.74. The molecule has 1 aliphatic rings. The summed E-state index contributed by atoms with van der Waals surface area (Å²) in [6.07, 6.45) is -8.67. The van der Waals surface area contributed by atoms with Gasteiger partial charge in [0.2, 0.25) is 0 Å². The molecule has 0 bridgehead atoms. The van der Waals surface area contributed by atoms with Crippen LogP contribution < -0.4 is 20.9 Å². The molecular formula is C20H22F6N4O3. The van der Waals surface area contributed by atoms with E-state index in [1.165, 1.54) is 6.07 Å². The van der Waals surface area contributed by atoms with Gasteiger partial charge in [-0.25, -0.2) is 4.79 Å². The second-order valence-electron chi connectivity index (χ2n) is 7.52. The molecule has 0 saturated carbocycles. The number of nitrogens with zero attached hydrogens (tertiary/aromatic N) is 3. The van der Waals surface area contributed by atoms with E-state index in [0.717, 1.165) is 0 Å². The number of alkyl halides is 6. The standard InChI is InChI=1S/C20H22F6N4O3/c21-19(22,23)13-33-16-5-2-1-4-15(16)29-10-8-28(9-11-29)6-3-7-30-17(31)14(20(24,25)26)12-27-18(30)32/h1-2,4-5,12H,3,6-11,13H2,(H,27,32). The monoisotopic (exact) mass is 480 g/mol. The third-order valence-corrected chi connectivity index (χ3v) is 5.19. The predicted octanol–water partition coefficient (Wildman–Crippen LogP) is 2.71. The predicted molar refractivity (Wildman–Crippen MR) is 108 cm³/mol. The summed E-state index contributed by atoms with van der Waals surface area (Å²) < 4.78 is 81.6. The van der Waals surface area contributed by atoms with Crippen LogP contribution in [-0.2, 0) is 12.7 Å². The fraction of sp³-hybridized carbons (Fsp3) is 0.500. The van der Waals surface area contributed by atoms with Crippen molar-refractivity contribution in [1.29, 1.82) is 0 Å². The lowest BCUT2D eigenvalue weighted by atomic mass is 10.2. The van der Waals surface area contributed by atoms with Crippen molar-refractivity contribution in [3.8, 4) is 5.75 Å². The maximum atomic E-state index is 12.9. The molecule has 1 fully saturated rings. The molecule has 0 amide bonds. The topological polar surface area (TPSA) is 70.6 Å². The number of ether oxygens (including phenoxy) is 1. The Bertz CT molecular complexity index is 1060. The van der Waals surface area contributed by atoms with Crippen molar-refractivity contribution in [2.45, 2.75) is 25.3 Å². The first-order chi connectivity index (χ1) is 15.5. The zero-order valence-electron chi connectivity index (χ0n) is 17.4. The number of piperazine rings is 1. The molecule has 2 heterocycles. The third kappa shape index (κ3) is 6.53. The molecule has 182 valence electrons. The Balaban J connectivity index is 1.55. The van der Waals surface area contributed by atoms with Gasteiger partial charge in [-0.15, -0.1) is 0 Å². The molecule has 1 N–H and O–H groups in total. The Morgan fingerprint density at radius 3 is 2.24 bits per heavy atom. The highest BCUT2D eigenvalue weighted by atomic mass is 19.4. The largest absolute Gasteiger partial charge is 0.482 e. The molecule has 7 nitrogen and oxygen atoms in total. The average molecular weight is 480 g/mol. The van der Waals surface area contributed by atoms with E-state index >= 15 is 0 Å². The van der Waals surface area contributed by atoms with Crippen LogP contribution in [0.4, 0.5) is 32.0 Å². The molecule has 13 heteroatoms. The lowest BCUT2D eigenvalue weighted by Crippen LogP contribution is -2.47. The number of H-pyrrole nitrogens is 1. The van der Waals surface area contributed by atoms with Crippen molar-refractivity contribution >= 4 is 5.69 Å². The summed E-state index contributed by atoms with van der Waals surface area (Å²) in [6, 6.07) is 6.43. The zero-order chi connectivity index (χ0) is 24.2. The quantitative estimate of drug-likeness (QED) is 0.618. The molecule has 0 radical (unpaired) electrons. The first kappa shape index (κ1) is 24.7. The van der Waals surface area contributed by atoms with Gasteiger partial charge in [0.1, 0.15) is 11.3 Å². The first-order valence-corrected chi connectivity index (χ1v) is 10.1. The van der Waals surface area contributed by atoms with Gasteiger partial charge in [-0.3, -0.25) is 14.3 Å². The molecule has 1 aromatic heterocycles. The Hall–Kier alpha value is -2.96. The minimum Gasteiger partial charge on any atom is -0.482 e. The van der Waals surface area contributed by atoms with Gasteiger partial charge in [0.05, 0.1) is 5.69 Å². The van der Waals surface area contributed by atoms with Gasteiger partial charge in [-0.2, -0.15) is 26.3 Å². The first-order valence-electron chi connectivity index (χ1n) is 10.1. The second-order valence-corrected chi connectivity index (χ2v) is 7.52. The van der Waals surface area contributed by atoms with Crippen LogP contribution >= 0.6 is 0 Å². The van der Waals surface area contributed by atoms with Gasteiger partial charge in [0.25, 0.3) is 5.56 Å². The highest BCUT2D eigenvalue weighted by Gasteiger charge is 2.35. The molecule has 0 aliphatic carbocycles. The van der Waals surface area contributed by atoms with Crippen molar-refractivity contribution < 1.29 is 31.1 Å². The molecule has 1 aliphatic heterocycles. The van der Waals surface area contributed by atoms with E-state index in [-0.39, 0.29) is 18.7 Å². The summed E-state index contributed by atoms with van der Waals surface area (Å²) in [5.74, 6) is 0.131. The van der Waals surface area contributed by atoms with Gasteiger partial charge < -0.3 is 14.6 Å². The lowest BCUT2D eigenvalue weighted by Gasteiger charge is -2.36. The Morgan fingerprint density at radius 2 is 1.61 bits per heavy atom. The molecule has 0 unspecified atom stereocenters. The van der Waals surface area contributed by atoms with Crippen LogP contribution in [0.2, 0.25) is 0 Å². The molecular weight excluding hydrogens is 458 g/mol. The van der Waals surface area contributed by atoms with E-state index in [2.05, 4.69) is 0 Å². The highest BCUT2D eigenvalue weighted by molar-refractivity contribution is 5.58. The molecule has 1 aromatic carbocycles. The number of para-hydroxylation sites is 2. The fourth-order valence-electron chi connectivity index (χ4n) is 3.58. The minimum absolute atomic E-state index is 0.131. The lowest BCUT2D eigenvalue weighted by molar-refractivity contribution is -0.153. The number of rotatable bonds is 7. The number of aromatic amines is 1. The van der Waals surface area contributed by atoms with Crippen LogP contribution in [0.25, 0.3) is 0 Å². The van der Waals surface area contributed by atoms with E-state index in [1.54, 1.807) is 18.2 Å². The van der Waals surface area contributed by atoms with Crippen molar-refractivity contribution in [2.75, 3.05) is 44.2 Å². The smallest absolute Gasteiger partial charge is 0.423 e. The number of nitrogens with one attached hydrogen (secondary N) is 1. The Kier molecular flexibility index (Phi) is 7.40. The van der Waals surface area contributed by atoms with E-state index in [9.17, 15) is 35.9 Å². The summed E-state index contributed by atoms with van der Waals surface area (Å²) in [6.45, 7) is 0.947. The fourth-order valence-corrected chi connectivity index (χ4v) is 3.58. The molecule has 0 atom stereocenters. The SMILES string of the molecule is O=c1[nH]cc(C(F)(F)F)c(=O)n1CCCN1CCN(c2ccccc2OCC(F)(F)F)CC1. The van der Waals surface area contributed by atoms with Crippen molar-refractivity contribution in [2.24, 2.45) is 0 Å². The van der Waals surface area contributed by atoms with Crippen LogP contribution in [-0.4, -0.2) is 60.0 Å². The minimum atomic E-state index is -4.86. The van der Waals surface area contributed by atoms with Crippen LogP contribution in [0.1, 0.15) is 12.0 Å². The van der Waals surface area contributed by atoms with E-state index < -0.39 is 35.8 Å². The van der Waals surface area contributed by atoms with Crippen molar-refractivity contribution in [3.05, 3.63) is 56.9 Å². The van der Waals surface area contributed by atoms with Crippen LogP contribution in [0.5, 0.6) is 5.75 Å². The Labute approximate surface area is 184 Å². The molecule has 0 spiro atoms. The molecule has 2 aromatic rings. The van der Waals surface area contributed by atoms with Gasteiger partial charge in [0.15, 0.2) is 6.61 Å². The number of hydrogen-bond donors (Lipinski definition) is 1. The van der Waals surface area contributed by atoms with Crippen molar-refractivity contribution in [3.63, 3.8) is 0 Å². The second kappa shape index (κ2) is 9.89. The molecule has 3 rings (SSSR count). The van der Waals surface area contributed by atoms with Crippen LogP contribution in [0, 0.1) is 0 Å². The van der Waals surface area contributed by atoms with Crippen LogP contribution in [0.15, 0.2) is 40.1 Å². The van der Waals surface area contributed by atoms with Gasteiger partial charge in [-0.05, 0) is 25.1 Å². The molecule has 33 heavy (non-hydrogen) atoms. The normalized spacial score (nSPS) is 15.6. The maximum Gasteiger partial charge on any atom is 0.423 e. The van der Waals surface area contributed by atoms with Gasteiger partial charge >= 0.3 is 18.0 Å². The number of benzene rings is 1. The summed E-state index contributed by atoms with van der Waals surface area (Å²) in [7, 11) is 0. The van der Waals surface area contributed by atoms with E-state index in [0.29, 0.717) is 49.2 Å². The number of anilines is 1. The zero-order valence-corrected chi connectivity index (χ0v) is 17.4. The van der Waals surface area contributed by atoms with Crippen LogP contribution in [0.3, 0.4) is 0 Å². The Morgan fingerprint density at radius 1 is 0.939 bits per heavy atom. The van der Waals surface area contributed by atoms with Gasteiger partial charge in [0, 0.05) is 38.9 Å². The highest BCUT2D eigenvalue weighted by Crippen LogP contribution is 2.30. The number of aromatic nitrogens is 2. The van der Waals surface area contributed by atoms with Gasteiger partial charge in [-0.1, -0.05) is 12.1 Å².